The highest BCUT2D eigenvalue weighted by molar-refractivity contribution is 7.98. The van der Waals surface area contributed by atoms with E-state index in [2.05, 4.69) is 10.3 Å². The second kappa shape index (κ2) is 6.30. The van der Waals surface area contributed by atoms with Crippen LogP contribution in [0.1, 0.15) is 0 Å². The summed E-state index contributed by atoms with van der Waals surface area (Å²) in [6.45, 7) is -0.232. The van der Waals surface area contributed by atoms with Crippen LogP contribution in [0.15, 0.2) is 23.1 Å². The monoisotopic (exact) mass is 345 g/mol. The predicted molar refractivity (Wildman–Crippen MR) is 87.5 cm³/mol. The first kappa shape index (κ1) is 16.2. The number of hydrogen-bond donors (Lipinski definition) is 1. The van der Waals surface area contributed by atoms with Gasteiger partial charge in [-0.1, -0.05) is 17.4 Å². The summed E-state index contributed by atoms with van der Waals surface area (Å²) < 4.78 is 24.5. The maximum atomic E-state index is 11.8. The lowest BCUT2D eigenvalue weighted by molar-refractivity contribution is -0.116. The van der Waals surface area contributed by atoms with Crippen molar-refractivity contribution < 1.29 is 13.2 Å². The molecule has 1 heterocycles. The Morgan fingerprint density at radius 2 is 2.19 bits per heavy atom. The maximum Gasteiger partial charge on any atom is 0.241 e. The third kappa shape index (κ3) is 3.94. The highest BCUT2D eigenvalue weighted by Gasteiger charge is 2.16. The topological polar surface area (TPSA) is 79.4 Å². The Bertz CT molecular complexity index is 770. The number of nitrogens with zero attached hydrogens (tertiary/aromatic N) is 2. The van der Waals surface area contributed by atoms with Crippen LogP contribution in [0.3, 0.4) is 0 Å². The largest absolute Gasteiger partial charge is 0.301 e. The van der Waals surface area contributed by atoms with E-state index in [-0.39, 0.29) is 6.54 Å². The molecule has 0 atom stereocenters. The van der Waals surface area contributed by atoms with Crippen molar-refractivity contribution in [1.82, 2.24) is 9.29 Å². The van der Waals surface area contributed by atoms with E-state index in [1.54, 1.807) is 11.8 Å². The number of fused-ring (bicyclic) bond motifs is 1. The highest BCUT2D eigenvalue weighted by Crippen LogP contribution is 2.32. The van der Waals surface area contributed by atoms with Crippen LogP contribution in [-0.2, 0) is 14.8 Å². The molecular weight excluding hydrogens is 330 g/mol. The van der Waals surface area contributed by atoms with Crippen LogP contribution in [0.5, 0.6) is 0 Å². The summed E-state index contributed by atoms with van der Waals surface area (Å²) in [5, 5.41) is 3.11. The summed E-state index contributed by atoms with van der Waals surface area (Å²) in [6.07, 6.45) is 3.02. The van der Waals surface area contributed by atoms with Crippen molar-refractivity contribution in [2.24, 2.45) is 0 Å². The van der Waals surface area contributed by atoms with Gasteiger partial charge >= 0.3 is 0 Å². The van der Waals surface area contributed by atoms with Gasteiger partial charge in [0.15, 0.2) is 5.13 Å². The first-order valence-corrected chi connectivity index (χ1v) is 9.85. The van der Waals surface area contributed by atoms with E-state index in [1.807, 2.05) is 24.5 Å². The highest BCUT2D eigenvalue weighted by atomic mass is 32.2. The van der Waals surface area contributed by atoms with Gasteiger partial charge in [0.25, 0.3) is 0 Å². The van der Waals surface area contributed by atoms with Gasteiger partial charge in [-0.05, 0) is 18.4 Å². The molecule has 0 saturated carbocycles. The molecular formula is C12H15N3O3S3. The molecule has 6 nitrogen and oxygen atoms in total. The minimum absolute atomic E-state index is 0.232. The smallest absolute Gasteiger partial charge is 0.241 e. The molecule has 0 fully saturated rings. The van der Waals surface area contributed by atoms with E-state index in [0.717, 1.165) is 25.7 Å². The van der Waals surface area contributed by atoms with E-state index < -0.39 is 15.9 Å². The quantitative estimate of drug-likeness (QED) is 0.837. The van der Waals surface area contributed by atoms with Crippen LogP contribution >= 0.6 is 23.1 Å². The molecule has 2 rings (SSSR count). The number of carbonyl (C=O) groups excluding carboxylic acids is 1. The van der Waals surface area contributed by atoms with Crippen molar-refractivity contribution in [3.8, 4) is 0 Å². The van der Waals surface area contributed by atoms with Gasteiger partial charge in [0.2, 0.25) is 15.9 Å². The van der Waals surface area contributed by atoms with E-state index >= 15 is 0 Å². The zero-order chi connectivity index (χ0) is 15.6. The molecule has 21 heavy (non-hydrogen) atoms. The lowest BCUT2D eigenvalue weighted by Gasteiger charge is -2.12. The lowest BCUT2D eigenvalue weighted by atomic mass is 10.3. The van der Waals surface area contributed by atoms with Crippen LogP contribution in [-0.4, -0.2) is 49.7 Å². The second-order valence-corrected chi connectivity index (χ2v) is 8.36. The van der Waals surface area contributed by atoms with Gasteiger partial charge in [0.05, 0.1) is 23.0 Å². The number of para-hydroxylation sites is 1. The summed E-state index contributed by atoms with van der Waals surface area (Å²) in [5.41, 5.74) is 0.849. The Morgan fingerprint density at radius 3 is 2.81 bits per heavy atom. The average molecular weight is 345 g/mol. The fraction of sp³-hybridized carbons (Fsp3) is 0.333. The van der Waals surface area contributed by atoms with Crippen LogP contribution in [0, 0.1) is 0 Å². The number of anilines is 1. The third-order valence-corrected chi connectivity index (χ3v) is 5.75. The van der Waals surface area contributed by atoms with Gasteiger partial charge in [0, 0.05) is 11.9 Å². The van der Waals surface area contributed by atoms with Crippen molar-refractivity contribution in [2.45, 2.75) is 4.90 Å². The number of benzene rings is 1. The number of likely N-dealkylation sites (N-methyl/N-ethyl adjacent to an activating group) is 1. The summed E-state index contributed by atoms with van der Waals surface area (Å²) >= 11 is 2.95. The molecule has 1 N–H and O–H groups in total. The van der Waals surface area contributed by atoms with Crippen LogP contribution in [0.4, 0.5) is 5.13 Å². The minimum Gasteiger partial charge on any atom is -0.301 e. The molecule has 114 valence electrons. The van der Waals surface area contributed by atoms with E-state index in [0.29, 0.717) is 5.13 Å². The molecule has 1 aromatic heterocycles. The van der Waals surface area contributed by atoms with Gasteiger partial charge < -0.3 is 5.32 Å². The van der Waals surface area contributed by atoms with Crippen molar-refractivity contribution in [1.29, 1.82) is 0 Å². The summed E-state index contributed by atoms with van der Waals surface area (Å²) in [5.74, 6) is -0.410. The van der Waals surface area contributed by atoms with Gasteiger partial charge in [0.1, 0.15) is 0 Å². The summed E-state index contributed by atoms with van der Waals surface area (Å²) in [6, 6.07) is 5.84. The van der Waals surface area contributed by atoms with E-state index in [4.69, 9.17) is 0 Å². The summed E-state index contributed by atoms with van der Waals surface area (Å²) in [7, 11) is -2.01. The normalized spacial score (nSPS) is 12.0. The SMILES string of the molecule is CSc1cccc2sc(NC(=O)CN(C)S(C)(=O)=O)nc12. The molecule has 0 aliphatic heterocycles. The molecule has 1 amide bonds. The number of amides is 1. The van der Waals surface area contributed by atoms with Crippen molar-refractivity contribution >= 4 is 54.4 Å². The zero-order valence-corrected chi connectivity index (χ0v) is 14.2. The Balaban J connectivity index is 2.15. The minimum atomic E-state index is -3.37. The number of thiazole rings is 1. The predicted octanol–water partition coefficient (Wildman–Crippen LogP) is 1.85. The Hall–Kier alpha value is -1.16. The van der Waals surface area contributed by atoms with Crippen molar-refractivity contribution in [3.05, 3.63) is 18.2 Å². The second-order valence-electron chi connectivity index (χ2n) is 4.39. The number of carbonyl (C=O) groups is 1. The number of sulfonamides is 1. The molecule has 0 spiro atoms. The molecule has 9 heteroatoms. The van der Waals surface area contributed by atoms with Gasteiger partial charge in [-0.2, -0.15) is 4.31 Å². The van der Waals surface area contributed by atoms with Gasteiger partial charge in [-0.25, -0.2) is 13.4 Å². The molecule has 2 aromatic rings. The number of rotatable bonds is 5. The maximum absolute atomic E-state index is 11.8. The molecule has 0 unspecified atom stereocenters. The van der Waals surface area contributed by atoms with Gasteiger partial charge in [-0.3, -0.25) is 4.79 Å². The fourth-order valence-electron chi connectivity index (χ4n) is 1.62. The van der Waals surface area contributed by atoms with Crippen LogP contribution in [0.25, 0.3) is 10.2 Å². The van der Waals surface area contributed by atoms with Crippen LogP contribution < -0.4 is 5.32 Å². The summed E-state index contributed by atoms with van der Waals surface area (Å²) in [4.78, 5) is 17.3. The Morgan fingerprint density at radius 1 is 1.48 bits per heavy atom. The first-order valence-electron chi connectivity index (χ1n) is 5.96. The average Bonchev–Trinajstić information content (AvgIpc) is 2.79. The first-order chi connectivity index (χ1) is 9.81. The number of aromatic nitrogens is 1. The van der Waals surface area contributed by atoms with Gasteiger partial charge in [-0.15, -0.1) is 11.8 Å². The van der Waals surface area contributed by atoms with E-state index in [9.17, 15) is 13.2 Å². The van der Waals surface area contributed by atoms with E-state index in [1.165, 1.54) is 18.4 Å². The molecule has 0 aliphatic rings. The molecule has 0 bridgehead atoms. The lowest BCUT2D eigenvalue weighted by Crippen LogP contribution is -2.34. The number of nitrogens with one attached hydrogen (secondary N) is 1. The van der Waals surface area contributed by atoms with Crippen molar-refractivity contribution in [2.75, 3.05) is 31.4 Å². The molecule has 0 aliphatic carbocycles. The standard InChI is InChI=1S/C12H15N3O3S3/c1-15(21(3,17)18)7-10(16)13-12-14-11-8(19-2)5-4-6-9(11)20-12/h4-6H,7H2,1-3H3,(H,13,14,16). The zero-order valence-electron chi connectivity index (χ0n) is 11.8. The molecule has 0 radical (unpaired) electrons. The van der Waals surface area contributed by atoms with Crippen LogP contribution in [0.2, 0.25) is 0 Å². The Kier molecular flexibility index (Phi) is 4.87. The van der Waals surface area contributed by atoms with Crippen molar-refractivity contribution in [3.63, 3.8) is 0 Å². The fourth-order valence-corrected chi connectivity index (χ4v) is 3.51. The number of thioether (sulfide) groups is 1. The molecule has 1 aromatic carbocycles. The third-order valence-electron chi connectivity index (χ3n) is 2.78. The number of hydrogen-bond acceptors (Lipinski definition) is 6. The Labute approximate surface area is 131 Å². The molecule has 0 saturated heterocycles.